The number of benzene rings is 1. The summed E-state index contributed by atoms with van der Waals surface area (Å²) in [5.41, 5.74) is 0.238. The maximum absolute atomic E-state index is 13.1. The van der Waals surface area contributed by atoms with Crippen LogP contribution in [0.3, 0.4) is 0 Å². The van der Waals surface area contributed by atoms with Crippen LogP contribution in [-0.2, 0) is 10.2 Å². The molecule has 7 heteroatoms. The Balaban J connectivity index is 2.56. The van der Waals surface area contributed by atoms with Gasteiger partial charge in [-0.3, -0.25) is 4.31 Å². The lowest BCUT2D eigenvalue weighted by Crippen LogP contribution is -2.31. The van der Waals surface area contributed by atoms with Crippen molar-refractivity contribution in [2.75, 3.05) is 24.4 Å². The summed E-state index contributed by atoms with van der Waals surface area (Å²) in [5, 5.41) is 8.90. The maximum atomic E-state index is 13.1. The normalized spacial score (nSPS) is 19.2. The van der Waals surface area contributed by atoms with Gasteiger partial charge in [0.25, 0.3) is 0 Å². The topological polar surface area (TPSA) is 64.4 Å². The van der Waals surface area contributed by atoms with Gasteiger partial charge in [0.15, 0.2) is 0 Å². The summed E-state index contributed by atoms with van der Waals surface area (Å²) in [5.74, 6) is -0.566. The molecule has 1 fully saturated rings. The Morgan fingerprint density at radius 1 is 1.41 bits per heavy atom. The van der Waals surface area contributed by atoms with Crippen molar-refractivity contribution >= 4 is 15.9 Å². The molecule has 0 radical (unpaired) electrons. The van der Waals surface area contributed by atoms with Crippen molar-refractivity contribution in [2.24, 2.45) is 0 Å². The molecule has 1 saturated heterocycles. The van der Waals surface area contributed by atoms with Crippen molar-refractivity contribution in [2.45, 2.75) is 0 Å². The van der Waals surface area contributed by atoms with Gasteiger partial charge < -0.3 is 0 Å². The number of rotatable bonds is 1. The molecule has 0 aliphatic carbocycles. The van der Waals surface area contributed by atoms with Crippen LogP contribution >= 0.6 is 0 Å². The molecule has 0 atom stereocenters. The van der Waals surface area contributed by atoms with Crippen LogP contribution in [0.2, 0.25) is 0 Å². The van der Waals surface area contributed by atoms with Gasteiger partial charge in [-0.25, -0.2) is 4.39 Å². The Morgan fingerprint density at radius 2 is 2.12 bits per heavy atom. The fourth-order valence-electron chi connectivity index (χ4n) is 1.68. The molecule has 17 heavy (non-hydrogen) atoms. The maximum Gasteiger partial charge on any atom is 0.303 e. The molecule has 0 bridgehead atoms. The number of halogens is 1. The zero-order valence-corrected chi connectivity index (χ0v) is 9.91. The molecule has 5 nitrogen and oxygen atoms in total. The van der Waals surface area contributed by atoms with Crippen LogP contribution in [-0.4, -0.2) is 32.9 Å². The fraction of sp³-hybridized carbons (Fsp3) is 0.300. The first-order valence-electron chi connectivity index (χ1n) is 4.90. The molecule has 2 rings (SSSR count). The quantitative estimate of drug-likeness (QED) is 0.741. The summed E-state index contributed by atoms with van der Waals surface area (Å²) in [7, 11) is -2.17. The largest absolute Gasteiger partial charge is 0.303 e. The summed E-state index contributed by atoms with van der Waals surface area (Å²) in [4.78, 5) is 0. The van der Waals surface area contributed by atoms with Gasteiger partial charge in [0.2, 0.25) is 0 Å². The van der Waals surface area contributed by atoms with Crippen molar-refractivity contribution in [3.8, 4) is 6.07 Å². The molecule has 0 saturated carbocycles. The van der Waals surface area contributed by atoms with E-state index in [4.69, 9.17) is 5.26 Å². The van der Waals surface area contributed by atoms with Crippen LogP contribution < -0.4 is 4.31 Å². The molecule has 0 aromatic heterocycles. The third-order valence-corrected chi connectivity index (χ3v) is 4.55. The average molecular weight is 255 g/mol. The molecule has 1 heterocycles. The molecule has 0 spiro atoms. The summed E-state index contributed by atoms with van der Waals surface area (Å²) in [6, 6.07) is 5.34. The summed E-state index contributed by atoms with van der Waals surface area (Å²) in [6.45, 7) is 0.542. The molecule has 0 N–H and O–H groups in total. The Kier molecular flexibility index (Phi) is 2.77. The highest BCUT2D eigenvalue weighted by molar-refractivity contribution is 7.90. The number of hydrogen-bond acceptors (Lipinski definition) is 3. The van der Waals surface area contributed by atoms with Crippen molar-refractivity contribution in [3.05, 3.63) is 29.6 Å². The van der Waals surface area contributed by atoms with E-state index in [1.54, 1.807) is 0 Å². The van der Waals surface area contributed by atoms with Crippen molar-refractivity contribution in [1.29, 1.82) is 5.26 Å². The highest BCUT2D eigenvalue weighted by atomic mass is 32.2. The molecule has 1 aliphatic heterocycles. The minimum atomic E-state index is -3.62. The first-order valence-corrected chi connectivity index (χ1v) is 6.30. The van der Waals surface area contributed by atoms with Crippen LogP contribution in [0.4, 0.5) is 10.1 Å². The molecule has 1 aromatic rings. The molecule has 1 aliphatic rings. The predicted octanol–water partition coefficient (Wildman–Crippen LogP) is 0.694. The average Bonchev–Trinajstić information content (AvgIpc) is 2.54. The van der Waals surface area contributed by atoms with E-state index in [2.05, 4.69) is 0 Å². The van der Waals surface area contributed by atoms with Crippen LogP contribution in [0, 0.1) is 17.1 Å². The van der Waals surface area contributed by atoms with E-state index in [1.807, 2.05) is 6.07 Å². The number of nitrogens with zero attached hydrogens (tertiary/aromatic N) is 3. The SMILES string of the molecule is CN1CCN(c2cc(F)ccc2C#N)S1(=O)=O. The summed E-state index contributed by atoms with van der Waals surface area (Å²) in [6.07, 6.45) is 0. The van der Waals surface area contributed by atoms with Gasteiger partial charge in [0, 0.05) is 20.1 Å². The van der Waals surface area contributed by atoms with E-state index in [0.29, 0.717) is 6.54 Å². The van der Waals surface area contributed by atoms with E-state index in [1.165, 1.54) is 17.4 Å². The van der Waals surface area contributed by atoms with Gasteiger partial charge in [-0.1, -0.05) is 0 Å². The first-order chi connectivity index (χ1) is 7.96. The van der Waals surface area contributed by atoms with Gasteiger partial charge >= 0.3 is 10.2 Å². The molecule has 0 unspecified atom stereocenters. The Hall–Kier alpha value is -1.65. The van der Waals surface area contributed by atoms with E-state index in [-0.39, 0.29) is 17.8 Å². The smallest absolute Gasteiger partial charge is 0.255 e. The van der Waals surface area contributed by atoms with E-state index in [0.717, 1.165) is 16.4 Å². The van der Waals surface area contributed by atoms with Crippen LogP contribution in [0.25, 0.3) is 0 Å². The number of hydrogen-bond donors (Lipinski definition) is 0. The first kappa shape index (κ1) is 11.8. The van der Waals surface area contributed by atoms with E-state index in [9.17, 15) is 12.8 Å². The zero-order valence-electron chi connectivity index (χ0n) is 9.09. The number of anilines is 1. The van der Waals surface area contributed by atoms with Crippen molar-refractivity contribution in [1.82, 2.24) is 4.31 Å². The highest BCUT2D eigenvalue weighted by Crippen LogP contribution is 2.28. The molecule has 90 valence electrons. The van der Waals surface area contributed by atoms with Gasteiger partial charge in [-0.2, -0.15) is 18.0 Å². The lowest BCUT2D eigenvalue weighted by Gasteiger charge is -2.18. The molecular formula is C10H10FN3O2S. The van der Waals surface area contributed by atoms with E-state index < -0.39 is 16.0 Å². The summed E-state index contributed by atoms with van der Waals surface area (Å²) < 4.78 is 39.1. The second-order valence-electron chi connectivity index (χ2n) is 3.67. The minimum Gasteiger partial charge on any atom is -0.255 e. The predicted molar refractivity (Wildman–Crippen MR) is 60.0 cm³/mol. The summed E-state index contributed by atoms with van der Waals surface area (Å²) >= 11 is 0. The second kappa shape index (κ2) is 3.98. The third kappa shape index (κ3) is 1.85. The highest BCUT2D eigenvalue weighted by Gasteiger charge is 2.35. The van der Waals surface area contributed by atoms with Crippen LogP contribution in [0.5, 0.6) is 0 Å². The number of likely N-dealkylation sites (N-methyl/N-ethyl adjacent to an activating group) is 1. The molecule has 0 amide bonds. The number of nitriles is 1. The van der Waals surface area contributed by atoms with Gasteiger partial charge in [-0.05, 0) is 18.2 Å². The van der Waals surface area contributed by atoms with Crippen LogP contribution in [0.1, 0.15) is 5.56 Å². The fourth-order valence-corrected chi connectivity index (χ4v) is 3.04. The monoisotopic (exact) mass is 255 g/mol. The zero-order chi connectivity index (χ0) is 12.6. The third-order valence-electron chi connectivity index (χ3n) is 2.64. The van der Waals surface area contributed by atoms with Crippen molar-refractivity contribution < 1.29 is 12.8 Å². The molecule has 1 aromatic carbocycles. The second-order valence-corrected chi connectivity index (χ2v) is 5.63. The van der Waals surface area contributed by atoms with Gasteiger partial charge in [0.05, 0.1) is 11.3 Å². The van der Waals surface area contributed by atoms with Crippen LogP contribution in [0.15, 0.2) is 18.2 Å². The lowest BCUT2D eigenvalue weighted by atomic mass is 10.2. The van der Waals surface area contributed by atoms with Gasteiger partial charge in [0.1, 0.15) is 11.9 Å². The molecular weight excluding hydrogens is 245 g/mol. The Labute approximate surface area is 98.9 Å². The van der Waals surface area contributed by atoms with Crippen molar-refractivity contribution in [3.63, 3.8) is 0 Å². The van der Waals surface area contributed by atoms with Gasteiger partial charge in [-0.15, -0.1) is 0 Å². The Bertz CT molecular complexity index is 594. The lowest BCUT2D eigenvalue weighted by molar-refractivity contribution is 0.511. The minimum absolute atomic E-state index is 0.0943. The Morgan fingerprint density at radius 3 is 2.65 bits per heavy atom. The standard InChI is InChI=1S/C10H10FN3O2S/c1-13-4-5-14(17(13,15)16)10-6-9(11)3-2-8(10)7-12/h2-3,6H,4-5H2,1H3. The van der Waals surface area contributed by atoms with E-state index >= 15 is 0 Å².